The van der Waals surface area contributed by atoms with E-state index in [9.17, 15) is 4.79 Å². The van der Waals surface area contributed by atoms with Crippen LogP contribution < -0.4 is 10.6 Å². The Hall–Kier alpha value is -2.47. The third-order valence-electron chi connectivity index (χ3n) is 2.79. The van der Waals surface area contributed by atoms with Crippen LogP contribution in [0.3, 0.4) is 0 Å². The molecule has 0 saturated carbocycles. The predicted molar refractivity (Wildman–Crippen MR) is 80.0 cm³/mol. The number of hydrogen-bond donors (Lipinski definition) is 2. The third kappa shape index (κ3) is 4.85. The number of carbonyl (C=O) groups excluding carboxylic acids is 1. The van der Waals surface area contributed by atoms with E-state index >= 15 is 0 Å². The van der Waals surface area contributed by atoms with Crippen molar-refractivity contribution in [2.75, 3.05) is 25.6 Å². The van der Waals surface area contributed by atoms with Gasteiger partial charge in [-0.1, -0.05) is 6.07 Å². The second-order valence-electron chi connectivity index (χ2n) is 4.36. The number of nitrogens with one attached hydrogen (secondary N) is 2. The summed E-state index contributed by atoms with van der Waals surface area (Å²) in [5.74, 6) is 0.546. The monoisotopic (exact) mass is 286 g/mol. The van der Waals surface area contributed by atoms with Crippen molar-refractivity contribution in [3.8, 4) is 0 Å². The molecule has 2 aromatic heterocycles. The lowest BCUT2D eigenvalue weighted by Crippen LogP contribution is -2.27. The number of carbonyl (C=O) groups is 1. The fourth-order valence-corrected chi connectivity index (χ4v) is 1.69. The summed E-state index contributed by atoms with van der Waals surface area (Å²) < 4.78 is 4.87. The summed E-state index contributed by atoms with van der Waals surface area (Å²) in [5.41, 5.74) is 1.45. The molecular weight excluding hydrogens is 268 g/mol. The van der Waals surface area contributed by atoms with Gasteiger partial charge in [-0.15, -0.1) is 0 Å². The summed E-state index contributed by atoms with van der Waals surface area (Å²) in [6, 6.07) is 9.25. The molecule has 0 aliphatic heterocycles. The van der Waals surface area contributed by atoms with Crippen LogP contribution in [0.15, 0.2) is 42.7 Å². The molecule has 6 heteroatoms. The zero-order chi connectivity index (χ0) is 14.9. The lowest BCUT2D eigenvalue weighted by atomic mass is 10.2. The highest BCUT2D eigenvalue weighted by Crippen LogP contribution is 2.06. The minimum atomic E-state index is -0.157. The number of pyridine rings is 2. The topological polar surface area (TPSA) is 76.1 Å². The predicted octanol–water partition coefficient (Wildman–Crippen LogP) is 1.46. The van der Waals surface area contributed by atoms with E-state index in [2.05, 4.69) is 20.6 Å². The summed E-state index contributed by atoms with van der Waals surface area (Å²) in [7, 11) is 1.59. The van der Waals surface area contributed by atoms with Gasteiger partial charge in [-0.25, -0.2) is 4.98 Å². The molecule has 0 aliphatic carbocycles. The van der Waals surface area contributed by atoms with Crippen molar-refractivity contribution in [3.63, 3.8) is 0 Å². The molecule has 0 aliphatic rings. The lowest BCUT2D eigenvalue weighted by molar-refractivity contribution is 0.0937. The Labute approximate surface area is 123 Å². The van der Waals surface area contributed by atoms with Crippen molar-refractivity contribution in [1.29, 1.82) is 0 Å². The number of hydrogen-bond acceptors (Lipinski definition) is 5. The van der Waals surface area contributed by atoms with Gasteiger partial charge in [-0.3, -0.25) is 9.78 Å². The van der Waals surface area contributed by atoms with E-state index in [0.717, 1.165) is 5.69 Å². The maximum atomic E-state index is 11.8. The summed E-state index contributed by atoms with van der Waals surface area (Å²) in [5, 5.41) is 5.90. The van der Waals surface area contributed by atoms with Gasteiger partial charge < -0.3 is 15.4 Å². The number of amides is 1. The molecule has 2 heterocycles. The Morgan fingerprint density at radius 1 is 1.24 bits per heavy atom. The minimum Gasteiger partial charge on any atom is -0.383 e. The quantitative estimate of drug-likeness (QED) is 0.754. The molecule has 110 valence electrons. The zero-order valence-corrected chi connectivity index (χ0v) is 11.9. The highest BCUT2D eigenvalue weighted by molar-refractivity contribution is 5.94. The first-order valence-electron chi connectivity index (χ1n) is 6.66. The van der Waals surface area contributed by atoms with E-state index in [4.69, 9.17) is 4.74 Å². The molecule has 2 N–H and O–H groups in total. The third-order valence-corrected chi connectivity index (χ3v) is 2.79. The maximum Gasteiger partial charge on any atom is 0.252 e. The highest BCUT2D eigenvalue weighted by atomic mass is 16.5. The van der Waals surface area contributed by atoms with E-state index in [0.29, 0.717) is 31.1 Å². The normalized spacial score (nSPS) is 10.1. The van der Waals surface area contributed by atoms with E-state index in [-0.39, 0.29) is 5.91 Å². The summed E-state index contributed by atoms with van der Waals surface area (Å²) in [4.78, 5) is 20.2. The van der Waals surface area contributed by atoms with Crippen molar-refractivity contribution in [2.45, 2.75) is 6.54 Å². The van der Waals surface area contributed by atoms with Gasteiger partial charge in [0, 0.05) is 26.0 Å². The van der Waals surface area contributed by atoms with Crippen molar-refractivity contribution in [2.24, 2.45) is 0 Å². The Kier molecular flexibility index (Phi) is 5.66. The summed E-state index contributed by atoms with van der Waals surface area (Å²) in [6.07, 6.45) is 3.29. The van der Waals surface area contributed by atoms with Crippen LogP contribution in [0.25, 0.3) is 0 Å². The fraction of sp³-hybridized carbons (Fsp3) is 0.267. The lowest BCUT2D eigenvalue weighted by Gasteiger charge is -2.07. The molecule has 0 radical (unpaired) electrons. The Morgan fingerprint density at radius 2 is 2.14 bits per heavy atom. The van der Waals surface area contributed by atoms with Crippen molar-refractivity contribution >= 4 is 11.7 Å². The van der Waals surface area contributed by atoms with Crippen LogP contribution in [0.4, 0.5) is 5.82 Å². The van der Waals surface area contributed by atoms with Gasteiger partial charge in [0.05, 0.1) is 24.4 Å². The Balaban J connectivity index is 1.85. The SMILES string of the molecule is COCCNC(=O)c1ccc(NCc2ccccn2)nc1. The van der Waals surface area contributed by atoms with Crippen molar-refractivity contribution < 1.29 is 9.53 Å². The fourth-order valence-electron chi connectivity index (χ4n) is 1.69. The number of rotatable bonds is 7. The zero-order valence-electron chi connectivity index (χ0n) is 11.9. The van der Waals surface area contributed by atoms with Crippen LogP contribution in [0, 0.1) is 0 Å². The van der Waals surface area contributed by atoms with E-state index in [1.54, 1.807) is 31.6 Å². The average molecular weight is 286 g/mol. The number of nitrogens with zero attached hydrogens (tertiary/aromatic N) is 2. The highest BCUT2D eigenvalue weighted by Gasteiger charge is 2.05. The van der Waals surface area contributed by atoms with Gasteiger partial charge in [0.15, 0.2) is 0 Å². The smallest absolute Gasteiger partial charge is 0.252 e. The molecule has 2 rings (SSSR count). The van der Waals surface area contributed by atoms with Crippen LogP contribution in [-0.4, -0.2) is 36.1 Å². The van der Waals surface area contributed by atoms with Crippen LogP contribution >= 0.6 is 0 Å². The second kappa shape index (κ2) is 7.96. The van der Waals surface area contributed by atoms with E-state index in [1.165, 1.54) is 0 Å². The summed E-state index contributed by atoms with van der Waals surface area (Å²) >= 11 is 0. The molecule has 0 bridgehead atoms. The summed E-state index contributed by atoms with van der Waals surface area (Å²) in [6.45, 7) is 1.56. The molecule has 21 heavy (non-hydrogen) atoms. The number of ether oxygens (including phenoxy) is 1. The van der Waals surface area contributed by atoms with Crippen LogP contribution in [-0.2, 0) is 11.3 Å². The van der Waals surface area contributed by atoms with Crippen LogP contribution in [0.1, 0.15) is 16.1 Å². The van der Waals surface area contributed by atoms with Gasteiger partial charge in [0.1, 0.15) is 5.82 Å². The van der Waals surface area contributed by atoms with E-state index < -0.39 is 0 Å². The Morgan fingerprint density at radius 3 is 2.81 bits per heavy atom. The van der Waals surface area contributed by atoms with Gasteiger partial charge in [0.2, 0.25) is 0 Å². The number of anilines is 1. The van der Waals surface area contributed by atoms with Crippen LogP contribution in [0.2, 0.25) is 0 Å². The first-order chi connectivity index (χ1) is 10.3. The van der Waals surface area contributed by atoms with Crippen LogP contribution in [0.5, 0.6) is 0 Å². The maximum absolute atomic E-state index is 11.8. The number of aromatic nitrogens is 2. The first-order valence-corrected chi connectivity index (χ1v) is 6.66. The molecule has 1 amide bonds. The average Bonchev–Trinajstić information content (AvgIpc) is 2.54. The molecule has 0 unspecified atom stereocenters. The number of methoxy groups -OCH3 is 1. The molecule has 0 fully saturated rings. The molecule has 0 atom stereocenters. The van der Waals surface area contributed by atoms with Gasteiger partial charge in [-0.05, 0) is 24.3 Å². The van der Waals surface area contributed by atoms with Gasteiger partial charge in [0.25, 0.3) is 5.91 Å². The molecule has 0 spiro atoms. The molecule has 0 saturated heterocycles. The van der Waals surface area contributed by atoms with Crippen molar-refractivity contribution in [1.82, 2.24) is 15.3 Å². The van der Waals surface area contributed by atoms with Gasteiger partial charge >= 0.3 is 0 Å². The van der Waals surface area contributed by atoms with Crippen molar-refractivity contribution in [3.05, 3.63) is 54.0 Å². The molecule has 0 aromatic carbocycles. The molecule has 2 aromatic rings. The standard InChI is InChI=1S/C15H18N4O2/c1-21-9-8-17-15(20)12-5-6-14(18-10-12)19-11-13-4-2-3-7-16-13/h2-7,10H,8-9,11H2,1H3,(H,17,20)(H,18,19). The van der Waals surface area contributed by atoms with Gasteiger partial charge in [-0.2, -0.15) is 0 Å². The Bertz CT molecular complexity index is 558. The largest absolute Gasteiger partial charge is 0.383 e. The molecular formula is C15H18N4O2. The van der Waals surface area contributed by atoms with E-state index in [1.807, 2.05) is 18.2 Å². The second-order valence-corrected chi connectivity index (χ2v) is 4.36. The molecule has 6 nitrogen and oxygen atoms in total. The minimum absolute atomic E-state index is 0.157. The first kappa shape index (κ1) is 14.9.